The molecule has 0 nitrogen and oxygen atoms in total. The second-order valence-electron chi connectivity index (χ2n) is 0.957. The van der Waals surface area contributed by atoms with Gasteiger partial charge >= 0.3 is 43.9 Å². The summed E-state index contributed by atoms with van der Waals surface area (Å²) in [6.07, 6.45) is 0. The molecule has 2 atom stereocenters. The quantitative estimate of drug-likeness (QED) is 0.512. The molecule has 0 fully saturated rings. The fourth-order valence-electron chi connectivity index (χ4n) is 0.250. The molecule has 0 rings (SSSR count). The van der Waals surface area contributed by atoms with Crippen LogP contribution in [0, 0.1) is 0 Å². The molecule has 0 aromatic heterocycles. The summed E-state index contributed by atoms with van der Waals surface area (Å²) in [4.78, 5) is 0. The van der Waals surface area contributed by atoms with Crippen molar-refractivity contribution in [3.05, 3.63) is 0 Å². The molecule has 7 heavy (non-hydrogen) atoms. The van der Waals surface area contributed by atoms with Crippen LogP contribution in [-0.2, 0) is 0 Å². The Balaban J connectivity index is -0.0000000800. The molecular weight excluding hydrogens is 229 g/mol. The second-order valence-corrected chi connectivity index (χ2v) is 6.42. The van der Waals surface area contributed by atoms with Crippen molar-refractivity contribution >= 4 is 40.9 Å². The van der Waals surface area contributed by atoms with Gasteiger partial charge in [-0.1, -0.05) is 0 Å². The van der Waals surface area contributed by atoms with Crippen molar-refractivity contribution in [2.75, 3.05) is 0 Å². The van der Waals surface area contributed by atoms with Gasteiger partial charge in [0, 0.05) is 0 Å². The van der Waals surface area contributed by atoms with Crippen molar-refractivity contribution in [3.8, 4) is 0 Å². The average molecular weight is 245 g/mol. The maximum atomic E-state index is 2.29. The van der Waals surface area contributed by atoms with Crippen molar-refractivity contribution in [2.45, 2.75) is 22.7 Å². The standard InChI is InChI=1S/2C2H5.2H3P.Sn/c2*1-2;;;/h2*1H2,2H3;2*1H3;. The third-order valence-electron chi connectivity index (χ3n) is 0.500. The molecule has 3 heteroatoms. The molecule has 0 saturated carbocycles. The molecule has 0 spiro atoms. The smallest absolute Gasteiger partial charge is 0.153 e. The fourth-order valence-corrected chi connectivity index (χ4v) is 1.68. The van der Waals surface area contributed by atoms with E-state index in [2.05, 4.69) is 13.8 Å². The van der Waals surface area contributed by atoms with E-state index in [1.54, 1.807) is 0 Å². The van der Waals surface area contributed by atoms with Crippen LogP contribution in [0.4, 0.5) is 0 Å². The zero-order chi connectivity index (χ0) is 4.12. The van der Waals surface area contributed by atoms with E-state index < -0.39 is 0 Å². The molecule has 0 aliphatic rings. The van der Waals surface area contributed by atoms with Gasteiger partial charge < -0.3 is 0 Å². The topological polar surface area (TPSA) is 0 Å². The predicted molar refractivity (Wildman–Crippen MR) is 48.9 cm³/mol. The fraction of sp³-hybridized carbons (Fsp3) is 1.00. The van der Waals surface area contributed by atoms with Crippen molar-refractivity contribution < 1.29 is 0 Å². The average Bonchev–Trinajstić information content (AvgIpc) is 1.41. The van der Waals surface area contributed by atoms with Gasteiger partial charge in [-0.15, -0.1) is 0 Å². The van der Waals surface area contributed by atoms with Crippen molar-refractivity contribution in [1.82, 2.24) is 0 Å². The van der Waals surface area contributed by atoms with Gasteiger partial charge in [-0.3, -0.25) is 0 Å². The SMILES string of the molecule is C[CH2][Sn][CH2]C.P.P. The van der Waals surface area contributed by atoms with E-state index in [1.807, 2.05) is 0 Å². The summed E-state index contributed by atoms with van der Waals surface area (Å²) in [7, 11) is 0. The van der Waals surface area contributed by atoms with Crippen LogP contribution in [0.25, 0.3) is 0 Å². The van der Waals surface area contributed by atoms with E-state index in [4.69, 9.17) is 0 Å². The van der Waals surface area contributed by atoms with Crippen molar-refractivity contribution in [2.24, 2.45) is 0 Å². The molecular formula is C4H16P2Sn. The molecule has 0 heterocycles. The number of rotatable bonds is 2. The molecule has 0 N–H and O–H groups in total. The Bertz CT molecular complexity index is 17.2. The Morgan fingerprint density at radius 3 is 1.29 bits per heavy atom. The molecule has 0 aliphatic heterocycles. The van der Waals surface area contributed by atoms with Crippen LogP contribution in [0.15, 0.2) is 0 Å². The van der Waals surface area contributed by atoms with Crippen LogP contribution in [0.2, 0.25) is 8.87 Å². The van der Waals surface area contributed by atoms with E-state index in [1.165, 1.54) is 8.87 Å². The maximum absolute atomic E-state index is 2.29. The van der Waals surface area contributed by atoms with E-state index >= 15 is 0 Å². The molecule has 46 valence electrons. The third kappa shape index (κ3) is 18.3. The summed E-state index contributed by atoms with van der Waals surface area (Å²) in [5.74, 6) is 0. The summed E-state index contributed by atoms with van der Waals surface area (Å²) in [5, 5.41) is 0. The summed E-state index contributed by atoms with van der Waals surface area (Å²) >= 11 is 0.218. The van der Waals surface area contributed by atoms with E-state index in [0.29, 0.717) is 0 Å². The zero-order valence-electron chi connectivity index (χ0n) is 5.33. The summed E-state index contributed by atoms with van der Waals surface area (Å²) in [5.41, 5.74) is 0. The van der Waals surface area contributed by atoms with Crippen LogP contribution < -0.4 is 0 Å². The minimum Gasteiger partial charge on any atom is -0.153 e. The Kier molecular flexibility index (Phi) is 35.5. The van der Waals surface area contributed by atoms with Gasteiger partial charge in [-0.05, 0) is 0 Å². The van der Waals surface area contributed by atoms with E-state index in [9.17, 15) is 0 Å². The number of hydrogen-bond donors (Lipinski definition) is 0. The largest absolute Gasteiger partial charge is 0.153 e. The van der Waals surface area contributed by atoms with E-state index in [-0.39, 0.29) is 40.9 Å². The first-order chi connectivity index (χ1) is 2.41. The van der Waals surface area contributed by atoms with Gasteiger partial charge in [0.1, 0.15) is 0 Å². The van der Waals surface area contributed by atoms with Gasteiger partial charge in [-0.2, -0.15) is 19.8 Å². The first-order valence-electron chi connectivity index (χ1n) is 2.12. The Hall–Kier alpha value is 1.66. The molecule has 0 aliphatic carbocycles. The minimum absolute atomic E-state index is 0. The first-order valence-corrected chi connectivity index (χ1v) is 6.16. The molecule has 2 radical (unpaired) electrons. The monoisotopic (exact) mass is 246 g/mol. The van der Waals surface area contributed by atoms with Crippen LogP contribution in [0.1, 0.15) is 13.8 Å². The third-order valence-corrected chi connectivity index (χ3v) is 3.35. The molecule has 0 aromatic rings. The van der Waals surface area contributed by atoms with Gasteiger partial charge in [0.15, 0.2) is 0 Å². The van der Waals surface area contributed by atoms with Crippen LogP contribution in [0.5, 0.6) is 0 Å². The van der Waals surface area contributed by atoms with Gasteiger partial charge in [0.05, 0.1) is 0 Å². The summed E-state index contributed by atoms with van der Waals surface area (Å²) in [6, 6.07) is 0. The molecule has 0 saturated heterocycles. The summed E-state index contributed by atoms with van der Waals surface area (Å²) < 4.78 is 3.03. The molecule has 0 aromatic carbocycles. The van der Waals surface area contributed by atoms with Gasteiger partial charge in [0.25, 0.3) is 0 Å². The Morgan fingerprint density at radius 1 is 1.00 bits per heavy atom. The van der Waals surface area contributed by atoms with Crippen LogP contribution in [0.3, 0.4) is 0 Å². The number of hydrogen-bond acceptors (Lipinski definition) is 0. The predicted octanol–water partition coefficient (Wildman–Crippen LogP) is 1.68. The van der Waals surface area contributed by atoms with Crippen LogP contribution in [-0.4, -0.2) is 21.1 Å². The van der Waals surface area contributed by atoms with Gasteiger partial charge in [0.2, 0.25) is 0 Å². The Labute approximate surface area is 63.7 Å². The van der Waals surface area contributed by atoms with Crippen molar-refractivity contribution in [1.29, 1.82) is 0 Å². The van der Waals surface area contributed by atoms with Crippen LogP contribution >= 0.6 is 19.8 Å². The minimum atomic E-state index is 0. The normalized spacial score (nSPS) is 6.00. The molecule has 0 amide bonds. The maximum Gasteiger partial charge on any atom is -0.153 e. The molecule has 2 unspecified atom stereocenters. The van der Waals surface area contributed by atoms with Crippen molar-refractivity contribution in [3.63, 3.8) is 0 Å². The molecule has 0 bridgehead atoms. The Morgan fingerprint density at radius 2 is 1.29 bits per heavy atom. The van der Waals surface area contributed by atoms with E-state index in [0.717, 1.165) is 0 Å². The first kappa shape index (κ1) is 15.9. The zero-order valence-corrected chi connectivity index (χ0v) is 11.0. The van der Waals surface area contributed by atoms with Gasteiger partial charge in [-0.25, -0.2) is 0 Å². The summed E-state index contributed by atoms with van der Waals surface area (Å²) in [6.45, 7) is 4.57. The second kappa shape index (κ2) is 15.6.